The van der Waals surface area contributed by atoms with Gasteiger partial charge in [0, 0.05) is 17.6 Å². The quantitative estimate of drug-likeness (QED) is 0.565. The van der Waals surface area contributed by atoms with Gasteiger partial charge in [0.2, 0.25) is 0 Å². The number of nitro benzene ring substituents is 1. The monoisotopic (exact) mass is 280 g/mol. The number of hydrogen-bond donors (Lipinski definition) is 3. The Balaban J connectivity index is 0.000000286. The molecule has 0 aliphatic carbocycles. The second-order valence-electron chi connectivity index (χ2n) is 4.14. The molecule has 0 saturated carbocycles. The normalized spacial score (nSPS) is 10.2. The summed E-state index contributed by atoms with van der Waals surface area (Å²) in [5.74, 6) is 0. The molecule has 0 atom stereocenters. The zero-order valence-corrected chi connectivity index (χ0v) is 10.9. The van der Waals surface area contributed by atoms with Gasteiger partial charge in [-0.2, -0.15) is 0 Å². The fourth-order valence-electron chi connectivity index (χ4n) is 1.52. The Kier molecular flexibility index (Phi) is 5.98. The van der Waals surface area contributed by atoms with Gasteiger partial charge < -0.3 is 15.3 Å². The first kappa shape index (κ1) is 16.0. The topological polar surface area (TPSA) is 117 Å². The van der Waals surface area contributed by atoms with Crippen molar-refractivity contribution in [1.29, 1.82) is 0 Å². The highest BCUT2D eigenvalue weighted by Gasteiger charge is 2.12. The van der Waals surface area contributed by atoms with Gasteiger partial charge in [-0.05, 0) is 24.6 Å². The summed E-state index contributed by atoms with van der Waals surface area (Å²) in [6, 6.07) is 7.01. The van der Waals surface area contributed by atoms with Gasteiger partial charge >= 0.3 is 0 Å². The number of pyridine rings is 1. The van der Waals surface area contributed by atoms with Gasteiger partial charge in [-0.3, -0.25) is 10.1 Å². The van der Waals surface area contributed by atoms with Crippen molar-refractivity contribution >= 4 is 16.6 Å². The van der Waals surface area contributed by atoms with E-state index in [9.17, 15) is 10.1 Å². The van der Waals surface area contributed by atoms with Crippen LogP contribution in [0.3, 0.4) is 0 Å². The number of non-ortho nitro benzene ring substituents is 1. The molecule has 2 aromatic rings. The summed E-state index contributed by atoms with van der Waals surface area (Å²) >= 11 is 0. The summed E-state index contributed by atoms with van der Waals surface area (Å²) in [7, 11) is 0. The molecule has 0 bridgehead atoms. The largest absolute Gasteiger partial charge is 0.394 e. The molecular weight excluding hydrogens is 264 g/mol. The highest BCUT2D eigenvalue weighted by molar-refractivity contribution is 5.87. The summed E-state index contributed by atoms with van der Waals surface area (Å²) in [4.78, 5) is 14.3. The number of aryl methyl sites for hydroxylation is 1. The molecule has 20 heavy (non-hydrogen) atoms. The van der Waals surface area contributed by atoms with E-state index in [1.807, 2.05) is 19.1 Å². The first-order chi connectivity index (χ1) is 9.49. The van der Waals surface area contributed by atoms with E-state index in [2.05, 4.69) is 4.98 Å². The van der Waals surface area contributed by atoms with Gasteiger partial charge in [-0.25, -0.2) is 4.98 Å². The number of aromatic nitrogens is 1. The average molecular weight is 280 g/mol. The van der Waals surface area contributed by atoms with Crippen LogP contribution in [0.1, 0.15) is 5.56 Å². The molecule has 1 aromatic carbocycles. The van der Waals surface area contributed by atoms with Crippen molar-refractivity contribution in [3.05, 3.63) is 46.1 Å². The van der Waals surface area contributed by atoms with Crippen molar-refractivity contribution < 1.29 is 20.2 Å². The predicted molar refractivity (Wildman–Crippen MR) is 73.3 cm³/mol. The van der Waals surface area contributed by atoms with E-state index >= 15 is 0 Å². The second kappa shape index (κ2) is 7.49. The molecule has 0 saturated heterocycles. The van der Waals surface area contributed by atoms with Crippen LogP contribution in [-0.4, -0.2) is 44.5 Å². The minimum Gasteiger partial charge on any atom is -0.394 e. The van der Waals surface area contributed by atoms with Gasteiger partial charge in [0.05, 0.1) is 18.1 Å². The highest BCUT2D eigenvalue weighted by atomic mass is 16.6. The molecule has 0 aliphatic heterocycles. The lowest BCUT2D eigenvalue weighted by Gasteiger charge is -1.99. The van der Waals surface area contributed by atoms with Gasteiger partial charge in [0.15, 0.2) is 0 Å². The maximum Gasteiger partial charge on any atom is 0.295 e. The van der Waals surface area contributed by atoms with E-state index in [0.29, 0.717) is 5.52 Å². The molecule has 7 heteroatoms. The molecule has 0 radical (unpaired) electrons. The Morgan fingerprint density at radius 3 is 2.50 bits per heavy atom. The molecule has 2 rings (SSSR count). The van der Waals surface area contributed by atoms with E-state index in [1.165, 1.54) is 6.07 Å². The number of rotatable bonds is 3. The van der Waals surface area contributed by atoms with E-state index in [1.54, 1.807) is 12.3 Å². The van der Waals surface area contributed by atoms with Crippen molar-refractivity contribution in [1.82, 2.24) is 4.98 Å². The van der Waals surface area contributed by atoms with Gasteiger partial charge in [-0.15, -0.1) is 0 Å². The van der Waals surface area contributed by atoms with Crippen LogP contribution in [0.15, 0.2) is 30.5 Å². The maximum absolute atomic E-state index is 10.7. The van der Waals surface area contributed by atoms with Crippen LogP contribution in [0.5, 0.6) is 0 Å². The van der Waals surface area contributed by atoms with Crippen molar-refractivity contribution in [2.45, 2.75) is 13.0 Å². The SMILES string of the molecule is Cc1cc([N+](=O)[O-])c2ncccc2c1.OCC(O)CO. The minimum atomic E-state index is -0.954. The van der Waals surface area contributed by atoms with Crippen LogP contribution in [0.4, 0.5) is 5.69 Å². The Morgan fingerprint density at radius 1 is 1.35 bits per heavy atom. The van der Waals surface area contributed by atoms with Gasteiger partial charge in [0.1, 0.15) is 11.6 Å². The van der Waals surface area contributed by atoms with Crippen LogP contribution in [0.2, 0.25) is 0 Å². The van der Waals surface area contributed by atoms with Crippen molar-refractivity contribution in [2.75, 3.05) is 13.2 Å². The smallest absolute Gasteiger partial charge is 0.295 e. The first-order valence-electron chi connectivity index (χ1n) is 5.89. The predicted octanol–water partition coefficient (Wildman–Crippen LogP) is 0.783. The van der Waals surface area contributed by atoms with Crippen LogP contribution < -0.4 is 0 Å². The number of nitro groups is 1. The summed E-state index contributed by atoms with van der Waals surface area (Å²) in [5.41, 5.74) is 1.39. The Morgan fingerprint density at radius 2 is 2.00 bits per heavy atom. The summed E-state index contributed by atoms with van der Waals surface area (Å²) in [6.45, 7) is 1.10. The number of aliphatic hydroxyl groups is 3. The highest BCUT2D eigenvalue weighted by Crippen LogP contribution is 2.24. The molecule has 1 heterocycles. The zero-order chi connectivity index (χ0) is 15.1. The molecule has 7 nitrogen and oxygen atoms in total. The Labute approximate surface area is 115 Å². The van der Waals surface area contributed by atoms with Crippen molar-refractivity contribution in [3.63, 3.8) is 0 Å². The van der Waals surface area contributed by atoms with Crippen molar-refractivity contribution in [3.8, 4) is 0 Å². The summed E-state index contributed by atoms with van der Waals surface area (Å²) < 4.78 is 0. The molecule has 0 amide bonds. The van der Waals surface area contributed by atoms with Gasteiger partial charge in [0.25, 0.3) is 5.69 Å². The van der Waals surface area contributed by atoms with E-state index in [0.717, 1.165) is 10.9 Å². The van der Waals surface area contributed by atoms with Crippen molar-refractivity contribution in [2.24, 2.45) is 0 Å². The maximum atomic E-state index is 10.7. The van der Waals surface area contributed by atoms with Crippen LogP contribution in [0.25, 0.3) is 10.9 Å². The molecule has 0 unspecified atom stereocenters. The fraction of sp³-hybridized carbons (Fsp3) is 0.308. The Bertz CT molecular complexity index is 584. The number of benzene rings is 1. The van der Waals surface area contributed by atoms with Crippen LogP contribution in [-0.2, 0) is 0 Å². The fourth-order valence-corrected chi connectivity index (χ4v) is 1.52. The molecule has 0 spiro atoms. The number of nitrogens with zero attached hydrogens (tertiary/aromatic N) is 2. The molecular formula is C13H16N2O5. The summed E-state index contributed by atoms with van der Waals surface area (Å²) in [5, 5.41) is 35.6. The lowest BCUT2D eigenvalue weighted by Crippen LogP contribution is -2.15. The number of hydrogen-bond acceptors (Lipinski definition) is 6. The molecule has 108 valence electrons. The first-order valence-corrected chi connectivity index (χ1v) is 5.89. The second-order valence-corrected chi connectivity index (χ2v) is 4.14. The van der Waals surface area contributed by atoms with Gasteiger partial charge in [-0.1, -0.05) is 6.07 Å². The lowest BCUT2D eigenvalue weighted by atomic mass is 10.1. The molecule has 0 aliphatic rings. The third-order valence-corrected chi connectivity index (χ3v) is 2.45. The average Bonchev–Trinajstić information content (AvgIpc) is 2.45. The molecule has 1 aromatic heterocycles. The third-order valence-electron chi connectivity index (χ3n) is 2.45. The van der Waals surface area contributed by atoms with E-state index in [4.69, 9.17) is 15.3 Å². The Hall–Kier alpha value is -2.09. The zero-order valence-electron chi connectivity index (χ0n) is 10.9. The third kappa shape index (κ3) is 4.23. The molecule has 0 fully saturated rings. The number of fused-ring (bicyclic) bond motifs is 1. The van der Waals surface area contributed by atoms with Crippen LogP contribution in [0, 0.1) is 17.0 Å². The van der Waals surface area contributed by atoms with Crippen LogP contribution >= 0.6 is 0 Å². The summed E-state index contributed by atoms with van der Waals surface area (Å²) in [6.07, 6.45) is 0.606. The molecule has 3 N–H and O–H groups in total. The number of aliphatic hydroxyl groups excluding tert-OH is 3. The standard InChI is InChI=1S/C10H8N2O2.C3H8O3/c1-7-5-8-3-2-4-11-10(8)9(6-7)12(13)14;4-1-3(6)2-5/h2-6H,1H3;3-6H,1-2H2. The lowest BCUT2D eigenvalue weighted by molar-refractivity contribution is -0.383. The van der Waals surface area contributed by atoms with E-state index in [-0.39, 0.29) is 18.9 Å². The minimum absolute atomic E-state index is 0.0700. The van der Waals surface area contributed by atoms with E-state index < -0.39 is 11.0 Å².